The third kappa shape index (κ3) is 2.26. The molecule has 0 unspecified atom stereocenters. The minimum absolute atomic E-state index is 0.381. The second-order valence-corrected chi connectivity index (χ2v) is 4.37. The topological polar surface area (TPSA) is 93.7 Å². The highest BCUT2D eigenvalue weighted by molar-refractivity contribution is 5.89. The molecule has 2 aromatic heterocycles. The third-order valence-electron chi connectivity index (χ3n) is 3.07. The van der Waals surface area contributed by atoms with Gasteiger partial charge >= 0.3 is 0 Å². The lowest BCUT2D eigenvalue weighted by Crippen LogP contribution is -2.13. The molecule has 1 aromatic carbocycles. The van der Waals surface area contributed by atoms with Gasteiger partial charge in [0, 0.05) is 24.8 Å². The molecule has 7 nitrogen and oxygen atoms in total. The fourth-order valence-electron chi connectivity index (χ4n) is 2.01. The number of hydrogen-bond donors (Lipinski definition) is 3. The predicted molar refractivity (Wildman–Crippen MR) is 77.9 cm³/mol. The Labute approximate surface area is 115 Å². The zero-order chi connectivity index (χ0) is 13.9. The van der Waals surface area contributed by atoms with E-state index in [1.54, 1.807) is 6.20 Å². The van der Waals surface area contributed by atoms with Crippen molar-refractivity contribution < 1.29 is 0 Å². The van der Waals surface area contributed by atoms with E-state index in [0.717, 1.165) is 22.5 Å². The molecule has 2 heterocycles. The second-order valence-electron chi connectivity index (χ2n) is 4.37. The lowest BCUT2D eigenvalue weighted by Gasteiger charge is -2.10. The molecule has 0 aliphatic carbocycles. The fourth-order valence-corrected chi connectivity index (χ4v) is 2.01. The van der Waals surface area contributed by atoms with Crippen LogP contribution in [0.25, 0.3) is 10.9 Å². The van der Waals surface area contributed by atoms with Crippen molar-refractivity contribution in [2.75, 3.05) is 10.7 Å². The van der Waals surface area contributed by atoms with Crippen molar-refractivity contribution in [3.8, 4) is 0 Å². The van der Waals surface area contributed by atoms with Crippen molar-refractivity contribution >= 4 is 22.7 Å². The Bertz CT molecular complexity index is 734. The summed E-state index contributed by atoms with van der Waals surface area (Å²) in [4.78, 5) is 12.9. The Morgan fingerprint density at radius 3 is 2.85 bits per heavy atom. The summed E-state index contributed by atoms with van der Waals surface area (Å²) in [6, 6.07) is 7.77. The fraction of sp³-hybridized carbons (Fsp3) is 0.154. The van der Waals surface area contributed by atoms with Gasteiger partial charge in [-0.3, -0.25) is 5.43 Å². The smallest absolute Gasteiger partial charge is 0.239 e. The number of nitrogen functional groups attached to an aromatic ring is 1. The summed E-state index contributed by atoms with van der Waals surface area (Å²) in [6.45, 7) is 0.578. The van der Waals surface area contributed by atoms with Crippen LogP contribution in [0.1, 0.15) is 5.82 Å². The second kappa shape index (κ2) is 5.14. The average molecular weight is 269 g/mol. The number of hydrogen-bond acceptors (Lipinski definition) is 6. The molecule has 7 heteroatoms. The lowest BCUT2D eigenvalue weighted by molar-refractivity contribution is 0.811. The predicted octanol–water partition coefficient (Wildman–Crippen LogP) is 1.26. The summed E-state index contributed by atoms with van der Waals surface area (Å²) in [5, 5.41) is 4.22. The van der Waals surface area contributed by atoms with E-state index in [1.165, 1.54) is 0 Å². The molecule has 0 radical (unpaired) electrons. The summed E-state index contributed by atoms with van der Waals surface area (Å²) >= 11 is 0. The number of nitrogens with two attached hydrogens (primary N) is 1. The number of para-hydroxylation sites is 1. The van der Waals surface area contributed by atoms with Gasteiger partial charge in [-0.05, 0) is 12.1 Å². The van der Waals surface area contributed by atoms with Crippen LogP contribution in [0.2, 0.25) is 0 Å². The number of hydrazine groups is 1. The normalized spacial score (nSPS) is 10.7. The van der Waals surface area contributed by atoms with Gasteiger partial charge in [-0.15, -0.1) is 0 Å². The Morgan fingerprint density at radius 1 is 1.25 bits per heavy atom. The first kappa shape index (κ1) is 12.4. The first-order valence-electron chi connectivity index (χ1n) is 6.21. The van der Waals surface area contributed by atoms with Gasteiger partial charge in [0.1, 0.15) is 11.6 Å². The Balaban J connectivity index is 1.95. The van der Waals surface area contributed by atoms with Crippen LogP contribution in [-0.2, 0) is 13.6 Å². The molecule has 0 fully saturated rings. The molecule has 0 amide bonds. The quantitative estimate of drug-likeness (QED) is 0.487. The van der Waals surface area contributed by atoms with Gasteiger partial charge in [-0.25, -0.2) is 15.8 Å². The number of aromatic nitrogens is 4. The van der Waals surface area contributed by atoms with Crippen molar-refractivity contribution in [3.63, 3.8) is 0 Å². The molecule has 102 valence electrons. The standard InChI is InChI=1S/C13H15N7/c1-20-7-6-15-11(20)8-16-12-9-4-2-3-5-10(9)17-13(18-12)19-14/h2-7H,8,14H2,1H3,(H2,16,17,18,19). The Morgan fingerprint density at radius 2 is 2.10 bits per heavy atom. The molecule has 0 spiro atoms. The van der Waals surface area contributed by atoms with Crippen LogP contribution in [0.5, 0.6) is 0 Å². The van der Waals surface area contributed by atoms with E-state index in [0.29, 0.717) is 12.5 Å². The van der Waals surface area contributed by atoms with Crippen LogP contribution in [0, 0.1) is 0 Å². The molecular weight excluding hydrogens is 254 g/mol. The van der Waals surface area contributed by atoms with E-state index in [-0.39, 0.29) is 0 Å². The monoisotopic (exact) mass is 269 g/mol. The highest BCUT2D eigenvalue weighted by Crippen LogP contribution is 2.21. The number of benzene rings is 1. The van der Waals surface area contributed by atoms with Crippen LogP contribution in [-0.4, -0.2) is 19.5 Å². The number of aryl methyl sites for hydroxylation is 1. The van der Waals surface area contributed by atoms with Gasteiger partial charge in [0.2, 0.25) is 5.95 Å². The number of imidazole rings is 1. The van der Waals surface area contributed by atoms with E-state index in [2.05, 4.69) is 25.7 Å². The number of nitrogens with one attached hydrogen (secondary N) is 2. The maximum absolute atomic E-state index is 5.41. The van der Waals surface area contributed by atoms with E-state index < -0.39 is 0 Å². The minimum Gasteiger partial charge on any atom is -0.362 e. The van der Waals surface area contributed by atoms with Crippen molar-refractivity contribution in [1.29, 1.82) is 0 Å². The van der Waals surface area contributed by atoms with Crippen molar-refractivity contribution in [2.45, 2.75) is 6.54 Å². The van der Waals surface area contributed by atoms with Crippen LogP contribution in [0.15, 0.2) is 36.7 Å². The van der Waals surface area contributed by atoms with E-state index in [9.17, 15) is 0 Å². The number of fused-ring (bicyclic) bond motifs is 1. The number of nitrogens with zero attached hydrogens (tertiary/aromatic N) is 4. The van der Waals surface area contributed by atoms with E-state index >= 15 is 0 Å². The maximum atomic E-state index is 5.41. The number of anilines is 2. The summed E-state index contributed by atoms with van der Waals surface area (Å²) in [5.41, 5.74) is 3.31. The zero-order valence-corrected chi connectivity index (χ0v) is 11.0. The first-order chi connectivity index (χ1) is 9.78. The van der Waals surface area contributed by atoms with Crippen LogP contribution >= 0.6 is 0 Å². The Kier molecular flexibility index (Phi) is 3.18. The first-order valence-corrected chi connectivity index (χ1v) is 6.21. The van der Waals surface area contributed by atoms with Crippen LogP contribution < -0.4 is 16.6 Å². The van der Waals surface area contributed by atoms with Gasteiger partial charge in [0.25, 0.3) is 0 Å². The van der Waals surface area contributed by atoms with Crippen molar-refractivity contribution in [1.82, 2.24) is 19.5 Å². The minimum atomic E-state index is 0.381. The van der Waals surface area contributed by atoms with E-state index in [1.807, 2.05) is 42.1 Å². The SMILES string of the molecule is Cn1ccnc1CNc1nc(NN)nc2ccccc12. The van der Waals surface area contributed by atoms with Gasteiger partial charge in [0.05, 0.1) is 12.1 Å². The summed E-state index contributed by atoms with van der Waals surface area (Å²) in [6.07, 6.45) is 3.67. The molecule has 3 aromatic rings. The molecule has 0 bridgehead atoms. The average Bonchev–Trinajstić information content (AvgIpc) is 2.89. The van der Waals surface area contributed by atoms with Crippen LogP contribution in [0.4, 0.5) is 11.8 Å². The number of rotatable bonds is 4. The lowest BCUT2D eigenvalue weighted by atomic mass is 10.2. The molecule has 4 N–H and O–H groups in total. The molecule has 0 saturated carbocycles. The third-order valence-corrected chi connectivity index (χ3v) is 3.07. The molecular formula is C13H15N7. The molecule has 0 saturated heterocycles. The molecule has 20 heavy (non-hydrogen) atoms. The molecule has 3 rings (SSSR count). The maximum Gasteiger partial charge on any atom is 0.239 e. The highest BCUT2D eigenvalue weighted by atomic mass is 15.3. The van der Waals surface area contributed by atoms with E-state index in [4.69, 9.17) is 5.84 Å². The molecule has 0 atom stereocenters. The van der Waals surface area contributed by atoms with Crippen LogP contribution in [0.3, 0.4) is 0 Å². The summed E-state index contributed by atoms with van der Waals surface area (Å²) in [7, 11) is 1.95. The summed E-state index contributed by atoms with van der Waals surface area (Å²) < 4.78 is 1.96. The van der Waals surface area contributed by atoms with Gasteiger partial charge < -0.3 is 9.88 Å². The van der Waals surface area contributed by atoms with Gasteiger partial charge in [-0.1, -0.05) is 12.1 Å². The van der Waals surface area contributed by atoms with Gasteiger partial charge in [-0.2, -0.15) is 4.98 Å². The molecule has 0 aliphatic heterocycles. The largest absolute Gasteiger partial charge is 0.362 e. The Hall–Kier alpha value is -2.67. The zero-order valence-electron chi connectivity index (χ0n) is 11.0. The van der Waals surface area contributed by atoms with Crippen molar-refractivity contribution in [3.05, 3.63) is 42.5 Å². The summed E-state index contributed by atoms with van der Waals surface area (Å²) in [5.74, 6) is 7.44. The van der Waals surface area contributed by atoms with Crippen molar-refractivity contribution in [2.24, 2.45) is 12.9 Å². The molecule has 0 aliphatic rings. The van der Waals surface area contributed by atoms with Gasteiger partial charge in [0.15, 0.2) is 0 Å². The highest BCUT2D eigenvalue weighted by Gasteiger charge is 2.07.